The van der Waals surface area contributed by atoms with Crippen LogP contribution in [-0.4, -0.2) is 70.9 Å². The maximum absolute atomic E-state index is 12.9. The van der Waals surface area contributed by atoms with Crippen molar-refractivity contribution in [2.24, 2.45) is 0 Å². The highest BCUT2D eigenvalue weighted by Gasteiger charge is 2.25. The number of amides is 2. The fourth-order valence-electron chi connectivity index (χ4n) is 3.62. The summed E-state index contributed by atoms with van der Waals surface area (Å²) < 4.78 is 0. The Balaban J connectivity index is 1.41. The normalized spacial score (nSPS) is 17.3. The molecule has 2 saturated heterocycles. The Kier molecular flexibility index (Phi) is 5.00. The fraction of sp³-hybridized carbons (Fsp3) is 0.400. The van der Waals surface area contributed by atoms with Crippen molar-refractivity contribution in [2.75, 3.05) is 44.2 Å². The van der Waals surface area contributed by atoms with Gasteiger partial charge >= 0.3 is 0 Å². The summed E-state index contributed by atoms with van der Waals surface area (Å²) in [5, 5.41) is 0. The molecule has 7 heteroatoms. The van der Waals surface area contributed by atoms with Crippen LogP contribution in [0.1, 0.15) is 33.7 Å². The predicted molar refractivity (Wildman–Crippen MR) is 102 cm³/mol. The zero-order chi connectivity index (χ0) is 18.6. The zero-order valence-electron chi connectivity index (χ0n) is 15.3. The summed E-state index contributed by atoms with van der Waals surface area (Å²) in [6, 6.07) is 9.17. The Morgan fingerprint density at radius 2 is 1.52 bits per heavy atom. The number of rotatable bonds is 3. The van der Waals surface area contributed by atoms with E-state index >= 15 is 0 Å². The molecule has 0 aliphatic carbocycles. The molecule has 0 atom stereocenters. The molecule has 2 aromatic rings. The van der Waals surface area contributed by atoms with Gasteiger partial charge in [-0.25, -0.2) is 4.98 Å². The highest BCUT2D eigenvalue weighted by Crippen LogP contribution is 2.16. The number of anilines is 1. The minimum atomic E-state index is -0.0814. The maximum atomic E-state index is 12.9. The molecule has 4 rings (SSSR count). The van der Waals surface area contributed by atoms with Crippen molar-refractivity contribution >= 4 is 17.6 Å². The average molecular weight is 365 g/mol. The van der Waals surface area contributed by atoms with Crippen molar-refractivity contribution in [1.82, 2.24) is 19.8 Å². The zero-order valence-corrected chi connectivity index (χ0v) is 15.3. The third-order valence-electron chi connectivity index (χ3n) is 5.16. The first-order chi connectivity index (χ1) is 13.2. The summed E-state index contributed by atoms with van der Waals surface area (Å²) in [4.78, 5) is 39.8. The topological polar surface area (TPSA) is 69.6 Å². The lowest BCUT2D eigenvalue weighted by Crippen LogP contribution is -2.49. The molecule has 27 heavy (non-hydrogen) atoms. The van der Waals surface area contributed by atoms with E-state index in [4.69, 9.17) is 0 Å². The Bertz CT molecular complexity index is 812. The maximum Gasteiger partial charge on any atom is 0.272 e. The molecule has 0 aromatic carbocycles. The summed E-state index contributed by atoms with van der Waals surface area (Å²) in [6.45, 7) is 4.30. The number of nitrogens with zero attached hydrogens (tertiary/aromatic N) is 5. The van der Waals surface area contributed by atoms with Crippen LogP contribution < -0.4 is 4.90 Å². The van der Waals surface area contributed by atoms with Crippen LogP contribution in [-0.2, 0) is 0 Å². The quantitative estimate of drug-likeness (QED) is 0.828. The summed E-state index contributed by atoms with van der Waals surface area (Å²) >= 11 is 0. The molecule has 0 saturated carbocycles. The van der Waals surface area contributed by atoms with Crippen molar-refractivity contribution in [2.45, 2.75) is 12.8 Å². The summed E-state index contributed by atoms with van der Waals surface area (Å²) in [7, 11) is 0. The van der Waals surface area contributed by atoms with Gasteiger partial charge in [-0.3, -0.25) is 14.6 Å². The van der Waals surface area contributed by atoms with E-state index in [-0.39, 0.29) is 11.8 Å². The van der Waals surface area contributed by atoms with E-state index in [0.29, 0.717) is 24.3 Å². The average Bonchev–Trinajstić information content (AvgIpc) is 3.28. The van der Waals surface area contributed by atoms with E-state index in [2.05, 4.69) is 14.9 Å². The number of carbonyl (C=O) groups excluding carboxylic acids is 2. The fourth-order valence-corrected chi connectivity index (χ4v) is 3.62. The second-order valence-corrected chi connectivity index (χ2v) is 6.90. The Labute approximate surface area is 158 Å². The Morgan fingerprint density at radius 1 is 0.778 bits per heavy atom. The van der Waals surface area contributed by atoms with E-state index in [9.17, 15) is 9.59 Å². The third-order valence-corrected chi connectivity index (χ3v) is 5.16. The van der Waals surface area contributed by atoms with Crippen LogP contribution in [0.15, 0.2) is 42.7 Å². The van der Waals surface area contributed by atoms with Gasteiger partial charge in [-0.15, -0.1) is 0 Å². The second kappa shape index (κ2) is 7.73. The van der Waals surface area contributed by atoms with Gasteiger partial charge in [0, 0.05) is 57.2 Å². The first-order valence-corrected chi connectivity index (χ1v) is 9.43. The Morgan fingerprint density at radius 3 is 2.22 bits per heavy atom. The van der Waals surface area contributed by atoms with E-state index in [1.807, 2.05) is 28.0 Å². The van der Waals surface area contributed by atoms with Crippen molar-refractivity contribution in [3.63, 3.8) is 0 Å². The highest BCUT2D eigenvalue weighted by molar-refractivity contribution is 5.98. The van der Waals surface area contributed by atoms with Crippen molar-refractivity contribution < 1.29 is 9.59 Å². The second-order valence-electron chi connectivity index (χ2n) is 6.90. The lowest BCUT2D eigenvalue weighted by Gasteiger charge is -2.35. The largest absolute Gasteiger partial charge is 0.353 e. The van der Waals surface area contributed by atoms with Gasteiger partial charge in [-0.1, -0.05) is 6.07 Å². The van der Waals surface area contributed by atoms with Gasteiger partial charge in [-0.2, -0.15) is 0 Å². The van der Waals surface area contributed by atoms with Crippen LogP contribution in [0.25, 0.3) is 0 Å². The van der Waals surface area contributed by atoms with Crippen LogP contribution >= 0.6 is 0 Å². The van der Waals surface area contributed by atoms with Crippen LogP contribution in [0.4, 0.5) is 5.82 Å². The van der Waals surface area contributed by atoms with Crippen molar-refractivity contribution in [1.29, 1.82) is 0 Å². The monoisotopic (exact) mass is 365 g/mol. The molecule has 2 aliphatic heterocycles. The van der Waals surface area contributed by atoms with E-state index in [1.54, 1.807) is 24.5 Å². The molecule has 140 valence electrons. The number of carbonyl (C=O) groups is 2. The molecule has 0 radical (unpaired) electrons. The molecular weight excluding hydrogens is 342 g/mol. The van der Waals surface area contributed by atoms with Gasteiger partial charge in [0.05, 0.1) is 0 Å². The summed E-state index contributed by atoms with van der Waals surface area (Å²) in [6.07, 6.45) is 5.40. The van der Waals surface area contributed by atoms with Gasteiger partial charge in [0.15, 0.2) is 0 Å². The summed E-state index contributed by atoms with van der Waals surface area (Å²) in [5.74, 6) is 0.808. The van der Waals surface area contributed by atoms with Gasteiger partial charge in [-0.05, 0) is 37.1 Å². The number of pyridine rings is 2. The molecule has 0 bridgehead atoms. The smallest absolute Gasteiger partial charge is 0.272 e. The van der Waals surface area contributed by atoms with E-state index in [0.717, 1.165) is 44.8 Å². The molecule has 4 heterocycles. The molecule has 2 aromatic heterocycles. The highest BCUT2D eigenvalue weighted by atomic mass is 16.2. The lowest BCUT2D eigenvalue weighted by molar-refractivity contribution is 0.0746. The van der Waals surface area contributed by atoms with Crippen LogP contribution in [0.3, 0.4) is 0 Å². The lowest BCUT2D eigenvalue weighted by atomic mass is 10.1. The minimum absolute atomic E-state index is 0.0476. The molecule has 0 N–H and O–H groups in total. The number of aromatic nitrogens is 2. The summed E-state index contributed by atoms with van der Waals surface area (Å²) in [5.41, 5.74) is 0.883. The van der Waals surface area contributed by atoms with Crippen molar-refractivity contribution in [3.8, 4) is 0 Å². The van der Waals surface area contributed by atoms with Crippen LogP contribution in [0.5, 0.6) is 0 Å². The molecule has 7 nitrogen and oxygen atoms in total. The van der Waals surface area contributed by atoms with Gasteiger partial charge in [0.25, 0.3) is 11.8 Å². The number of likely N-dealkylation sites (tertiary alicyclic amines) is 1. The molecule has 0 spiro atoms. The van der Waals surface area contributed by atoms with Crippen LogP contribution in [0.2, 0.25) is 0 Å². The molecular formula is C20H23N5O2. The standard InChI is InChI=1S/C20H23N5O2/c26-19(25-13-11-23(12-14-25)18-5-1-2-7-22-18)16-6-8-21-17(15-16)20(27)24-9-3-4-10-24/h1-2,5-8,15H,3-4,9-14H2. The SMILES string of the molecule is O=C(c1ccnc(C(=O)N2CCCC2)c1)N1CCN(c2ccccn2)CC1. The molecule has 2 aliphatic rings. The van der Waals surface area contributed by atoms with E-state index < -0.39 is 0 Å². The predicted octanol–water partition coefficient (Wildman–Crippen LogP) is 1.68. The first kappa shape index (κ1) is 17.5. The van der Waals surface area contributed by atoms with E-state index in [1.165, 1.54) is 0 Å². The van der Waals surface area contributed by atoms with Gasteiger partial charge in [0.2, 0.25) is 0 Å². The van der Waals surface area contributed by atoms with Crippen LogP contribution in [0, 0.1) is 0 Å². The van der Waals surface area contributed by atoms with Crippen molar-refractivity contribution in [3.05, 3.63) is 54.0 Å². The number of hydrogen-bond donors (Lipinski definition) is 0. The Hall–Kier alpha value is -2.96. The minimum Gasteiger partial charge on any atom is -0.353 e. The number of piperazine rings is 1. The molecule has 2 amide bonds. The molecule has 2 fully saturated rings. The third kappa shape index (κ3) is 3.77. The number of hydrogen-bond acceptors (Lipinski definition) is 5. The first-order valence-electron chi connectivity index (χ1n) is 9.43. The molecule has 0 unspecified atom stereocenters. The van der Waals surface area contributed by atoms with Gasteiger partial charge in [0.1, 0.15) is 11.5 Å². The van der Waals surface area contributed by atoms with Gasteiger partial charge < -0.3 is 14.7 Å².